The summed E-state index contributed by atoms with van der Waals surface area (Å²) in [5.74, 6) is 0. The summed E-state index contributed by atoms with van der Waals surface area (Å²) in [7, 11) is 0. The van der Waals surface area contributed by atoms with E-state index in [1.165, 1.54) is 55.3 Å². The lowest BCUT2D eigenvalue weighted by Crippen LogP contribution is -2.16. The normalized spacial score (nSPS) is 12.9. The first-order chi connectivity index (χ1) is 28.0. The second-order valence-corrected chi connectivity index (χ2v) is 15.7. The molecule has 0 spiro atoms. The van der Waals surface area contributed by atoms with Crippen LogP contribution < -0.4 is 4.90 Å². The Morgan fingerprint density at radius 1 is 0.351 bits per heavy atom. The van der Waals surface area contributed by atoms with E-state index in [0.29, 0.717) is 0 Å². The summed E-state index contributed by atoms with van der Waals surface area (Å²) in [6.07, 6.45) is 0. The minimum atomic E-state index is -0.103. The van der Waals surface area contributed by atoms with E-state index in [0.717, 1.165) is 50.1 Å². The van der Waals surface area contributed by atoms with E-state index in [-0.39, 0.29) is 5.41 Å². The van der Waals surface area contributed by atoms with Gasteiger partial charge in [0, 0.05) is 33.2 Å². The fourth-order valence-electron chi connectivity index (χ4n) is 9.21. The maximum absolute atomic E-state index is 6.68. The molecule has 0 atom stereocenters. The molecule has 1 heterocycles. The first kappa shape index (κ1) is 33.2. The quantitative estimate of drug-likeness (QED) is 0.169. The summed E-state index contributed by atoms with van der Waals surface area (Å²) in [6.45, 7) is 4.69. The van der Waals surface area contributed by atoms with Crippen LogP contribution in [0, 0.1) is 0 Å². The third-order valence-electron chi connectivity index (χ3n) is 12.1. The van der Waals surface area contributed by atoms with Crippen molar-refractivity contribution in [3.05, 3.63) is 211 Å². The average molecular weight is 730 g/mol. The number of anilines is 3. The largest absolute Gasteiger partial charge is 0.456 e. The van der Waals surface area contributed by atoms with Crippen molar-refractivity contribution < 1.29 is 4.42 Å². The molecule has 57 heavy (non-hydrogen) atoms. The zero-order chi connectivity index (χ0) is 38.1. The van der Waals surface area contributed by atoms with Gasteiger partial charge in [0.1, 0.15) is 11.2 Å². The predicted molar refractivity (Wildman–Crippen MR) is 240 cm³/mol. The molecule has 2 heteroatoms. The van der Waals surface area contributed by atoms with Gasteiger partial charge in [-0.3, -0.25) is 0 Å². The van der Waals surface area contributed by atoms with Crippen LogP contribution >= 0.6 is 0 Å². The lowest BCUT2D eigenvalue weighted by atomic mass is 9.82. The highest BCUT2D eigenvalue weighted by molar-refractivity contribution is 6.22. The number of furan rings is 1. The van der Waals surface area contributed by atoms with Crippen molar-refractivity contribution >= 4 is 49.8 Å². The predicted octanol–water partition coefficient (Wildman–Crippen LogP) is 15.5. The minimum absolute atomic E-state index is 0.103. The Bertz CT molecular complexity index is 3140. The van der Waals surface area contributed by atoms with E-state index >= 15 is 0 Å². The van der Waals surface area contributed by atoms with Gasteiger partial charge >= 0.3 is 0 Å². The Balaban J connectivity index is 1.01. The van der Waals surface area contributed by atoms with Crippen molar-refractivity contribution in [3.63, 3.8) is 0 Å². The Morgan fingerprint density at radius 2 is 0.947 bits per heavy atom. The SMILES string of the molecule is CC1(C)c2ccccc2-c2ccc(N(c3ccc(-c4ccc5c(c4)oc4cc(-c6ccccc6)c6ccccc6c45)cc3)c3cccc(-c4ccccc4)c3)cc21. The zero-order valence-corrected chi connectivity index (χ0v) is 31.9. The molecule has 0 unspecified atom stereocenters. The summed E-state index contributed by atoms with van der Waals surface area (Å²) in [5.41, 5.74) is 17.4. The Kier molecular flexibility index (Phi) is 7.55. The molecule has 11 rings (SSSR count). The van der Waals surface area contributed by atoms with E-state index in [4.69, 9.17) is 4.42 Å². The number of benzene rings is 9. The third kappa shape index (κ3) is 5.40. The lowest BCUT2D eigenvalue weighted by molar-refractivity contribution is 0.660. The molecule has 2 nitrogen and oxygen atoms in total. The highest BCUT2D eigenvalue weighted by atomic mass is 16.3. The van der Waals surface area contributed by atoms with Crippen molar-refractivity contribution in [3.8, 4) is 44.5 Å². The summed E-state index contributed by atoms with van der Waals surface area (Å²) in [5, 5.41) is 4.73. The van der Waals surface area contributed by atoms with Gasteiger partial charge in [-0.1, -0.05) is 159 Å². The molecule has 270 valence electrons. The molecule has 0 radical (unpaired) electrons. The van der Waals surface area contributed by atoms with Crippen LogP contribution in [0.25, 0.3) is 77.2 Å². The van der Waals surface area contributed by atoms with Crippen molar-refractivity contribution in [2.75, 3.05) is 4.90 Å². The van der Waals surface area contributed by atoms with Crippen molar-refractivity contribution in [2.45, 2.75) is 19.3 Å². The van der Waals surface area contributed by atoms with Crippen LogP contribution in [0.15, 0.2) is 205 Å². The van der Waals surface area contributed by atoms with E-state index in [1.54, 1.807) is 0 Å². The number of nitrogens with zero attached hydrogens (tertiary/aromatic N) is 1. The second-order valence-electron chi connectivity index (χ2n) is 15.7. The van der Waals surface area contributed by atoms with Crippen molar-refractivity contribution in [1.82, 2.24) is 0 Å². The van der Waals surface area contributed by atoms with E-state index in [9.17, 15) is 0 Å². The smallest absolute Gasteiger partial charge is 0.136 e. The van der Waals surface area contributed by atoms with Gasteiger partial charge in [-0.25, -0.2) is 0 Å². The maximum atomic E-state index is 6.68. The van der Waals surface area contributed by atoms with Crippen LogP contribution in [0.3, 0.4) is 0 Å². The Hall–Kier alpha value is -7.16. The molecule has 1 aliphatic rings. The molecule has 0 saturated carbocycles. The van der Waals surface area contributed by atoms with E-state index < -0.39 is 0 Å². The van der Waals surface area contributed by atoms with Crippen molar-refractivity contribution in [2.24, 2.45) is 0 Å². The van der Waals surface area contributed by atoms with E-state index in [1.807, 2.05) is 0 Å². The topological polar surface area (TPSA) is 16.4 Å². The van der Waals surface area contributed by atoms with E-state index in [2.05, 4.69) is 219 Å². The fraction of sp³-hybridized carbons (Fsp3) is 0.0545. The molecule has 0 amide bonds. The Labute approximate surface area is 332 Å². The molecule has 0 bridgehead atoms. The summed E-state index contributed by atoms with van der Waals surface area (Å²) in [6, 6.07) is 72.5. The van der Waals surface area contributed by atoms with Gasteiger partial charge in [0.25, 0.3) is 0 Å². The molecule has 1 aromatic heterocycles. The van der Waals surface area contributed by atoms with Crippen LogP contribution in [0.1, 0.15) is 25.0 Å². The monoisotopic (exact) mass is 729 g/mol. The zero-order valence-electron chi connectivity index (χ0n) is 31.9. The highest BCUT2D eigenvalue weighted by Gasteiger charge is 2.35. The number of rotatable bonds is 6. The van der Waals surface area contributed by atoms with Gasteiger partial charge in [0.15, 0.2) is 0 Å². The van der Waals surface area contributed by atoms with Crippen LogP contribution in [0.4, 0.5) is 17.1 Å². The Morgan fingerprint density at radius 3 is 1.75 bits per heavy atom. The van der Waals surface area contributed by atoms with Gasteiger partial charge in [0.2, 0.25) is 0 Å². The van der Waals surface area contributed by atoms with Crippen LogP contribution in [-0.2, 0) is 5.41 Å². The van der Waals surface area contributed by atoms with Gasteiger partial charge in [0.05, 0.1) is 0 Å². The lowest BCUT2D eigenvalue weighted by Gasteiger charge is -2.28. The first-order valence-electron chi connectivity index (χ1n) is 19.8. The molecule has 9 aromatic carbocycles. The number of hydrogen-bond donors (Lipinski definition) is 0. The molecule has 0 fully saturated rings. The van der Waals surface area contributed by atoms with Crippen LogP contribution in [0.5, 0.6) is 0 Å². The van der Waals surface area contributed by atoms with Gasteiger partial charge in [-0.15, -0.1) is 0 Å². The molecule has 0 saturated heterocycles. The summed E-state index contributed by atoms with van der Waals surface area (Å²) >= 11 is 0. The van der Waals surface area contributed by atoms with Gasteiger partial charge in [-0.2, -0.15) is 0 Å². The molecule has 10 aromatic rings. The molecular weight excluding hydrogens is 691 g/mol. The van der Waals surface area contributed by atoms with Crippen molar-refractivity contribution in [1.29, 1.82) is 0 Å². The van der Waals surface area contributed by atoms with Crippen LogP contribution in [-0.4, -0.2) is 0 Å². The highest BCUT2D eigenvalue weighted by Crippen LogP contribution is 2.51. The molecule has 0 N–H and O–H groups in total. The number of hydrogen-bond acceptors (Lipinski definition) is 2. The van der Waals surface area contributed by atoms with Crippen LogP contribution in [0.2, 0.25) is 0 Å². The van der Waals surface area contributed by atoms with Gasteiger partial charge < -0.3 is 9.32 Å². The summed E-state index contributed by atoms with van der Waals surface area (Å²) in [4.78, 5) is 2.40. The second kappa shape index (κ2) is 13.0. The molecule has 1 aliphatic carbocycles. The number of fused-ring (bicyclic) bond motifs is 8. The molecular formula is C55H39NO. The fourth-order valence-corrected chi connectivity index (χ4v) is 9.21. The standard InChI is InChI=1S/C55H39NO/c1-55(2)50-23-12-11-21-45(50)46-31-29-43(34-51(46)55)56(42-19-13-18-39(32-42)36-14-5-3-6-15-36)41-27-24-37(25-28-41)40-26-30-48-52(33-40)57-53-35-49(38-16-7-4-8-17-38)44-20-9-10-22-47(44)54(48)53/h3-35H,1-2H3. The van der Waals surface area contributed by atoms with Gasteiger partial charge in [-0.05, 0) is 121 Å². The summed E-state index contributed by atoms with van der Waals surface area (Å²) < 4.78 is 6.68. The third-order valence-corrected chi connectivity index (χ3v) is 12.1. The first-order valence-corrected chi connectivity index (χ1v) is 19.8. The maximum Gasteiger partial charge on any atom is 0.136 e. The minimum Gasteiger partial charge on any atom is -0.456 e. The molecule has 0 aliphatic heterocycles. The average Bonchev–Trinajstić information content (AvgIpc) is 3.75.